The molecular formula is C13H14ClN3O3. The van der Waals surface area contributed by atoms with Crippen LogP contribution in [0.3, 0.4) is 0 Å². The average molecular weight is 296 g/mol. The zero-order valence-corrected chi connectivity index (χ0v) is 12.0. The molecule has 0 aliphatic carbocycles. The van der Waals surface area contributed by atoms with E-state index in [1.165, 1.54) is 0 Å². The minimum absolute atomic E-state index is 0.335. The van der Waals surface area contributed by atoms with Crippen molar-refractivity contribution < 1.29 is 14.1 Å². The molecule has 1 aromatic carbocycles. The average Bonchev–Trinajstić information content (AvgIpc) is 2.78. The molecule has 1 aromatic heterocycles. The maximum atomic E-state index is 11.8. The Hall–Kier alpha value is -2.21. The highest BCUT2D eigenvalue weighted by molar-refractivity contribution is 6.34. The van der Waals surface area contributed by atoms with Gasteiger partial charge in [-0.3, -0.25) is 5.32 Å². The molecule has 2 aromatic rings. The van der Waals surface area contributed by atoms with E-state index in [1.54, 1.807) is 32.2 Å². The molecule has 20 heavy (non-hydrogen) atoms. The first kappa shape index (κ1) is 14.2. The van der Waals surface area contributed by atoms with Crippen LogP contribution in [-0.2, 0) is 0 Å². The summed E-state index contributed by atoms with van der Waals surface area (Å²) >= 11 is 6.07. The Kier molecular flexibility index (Phi) is 4.14. The van der Waals surface area contributed by atoms with E-state index in [9.17, 15) is 4.79 Å². The molecule has 0 atom stereocenters. The van der Waals surface area contributed by atoms with Gasteiger partial charge in [0.05, 0.1) is 17.8 Å². The van der Waals surface area contributed by atoms with Crippen molar-refractivity contribution in [1.82, 2.24) is 5.16 Å². The first-order valence-corrected chi connectivity index (χ1v) is 6.23. The Morgan fingerprint density at radius 2 is 2.05 bits per heavy atom. The van der Waals surface area contributed by atoms with Gasteiger partial charge in [0.1, 0.15) is 11.5 Å². The van der Waals surface area contributed by atoms with E-state index < -0.39 is 6.03 Å². The van der Waals surface area contributed by atoms with Crippen molar-refractivity contribution in [2.45, 2.75) is 13.8 Å². The van der Waals surface area contributed by atoms with Crippen molar-refractivity contribution in [3.63, 3.8) is 0 Å². The Morgan fingerprint density at radius 3 is 2.65 bits per heavy atom. The molecule has 2 amide bonds. The van der Waals surface area contributed by atoms with Crippen LogP contribution < -0.4 is 15.4 Å². The third-order valence-corrected chi connectivity index (χ3v) is 2.92. The van der Waals surface area contributed by atoms with Crippen LogP contribution in [0.2, 0.25) is 5.02 Å². The number of hydrogen-bond acceptors (Lipinski definition) is 4. The summed E-state index contributed by atoms with van der Waals surface area (Å²) in [5.41, 5.74) is 1.35. The Morgan fingerprint density at radius 1 is 1.30 bits per heavy atom. The molecule has 0 aliphatic heterocycles. The lowest BCUT2D eigenvalue weighted by Crippen LogP contribution is -2.19. The molecule has 0 spiro atoms. The molecule has 0 saturated carbocycles. The Bertz CT molecular complexity index is 640. The SMILES string of the molecule is COc1cc(Cl)c(NC(=O)Nc2cc(C)on2)cc1C. The Balaban J connectivity index is 2.09. The molecule has 2 N–H and O–H groups in total. The Labute approximate surface area is 121 Å². The summed E-state index contributed by atoms with van der Waals surface area (Å²) in [7, 11) is 1.56. The summed E-state index contributed by atoms with van der Waals surface area (Å²) in [5, 5.41) is 9.24. The molecule has 0 fully saturated rings. The van der Waals surface area contributed by atoms with Crippen molar-refractivity contribution in [3.05, 3.63) is 34.5 Å². The van der Waals surface area contributed by atoms with Gasteiger partial charge in [-0.05, 0) is 25.5 Å². The quantitative estimate of drug-likeness (QED) is 0.907. The van der Waals surface area contributed by atoms with E-state index in [2.05, 4.69) is 15.8 Å². The molecule has 7 heteroatoms. The summed E-state index contributed by atoms with van der Waals surface area (Å²) in [4.78, 5) is 11.8. The minimum atomic E-state index is -0.454. The monoisotopic (exact) mass is 295 g/mol. The number of methoxy groups -OCH3 is 1. The summed E-state index contributed by atoms with van der Waals surface area (Å²) in [6.45, 7) is 3.60. The van der Waals surface area contributed by atoms with Gasteiger partial charge in [0.2, 0.25) is 0 Å². The van der Waals surface area contributed by atoms with E-state index in [4.69, 9.17) is 20.9 Å². The van der Waals surface area contributed by atoms with Crippen molar-refractivity contribution in [2.75, 3.05) is 17.7 Å². The van der Waals surface area contributed by atoms with Crippen LogP contribution in [-0.4, -0.2) is 18.3 Å². The van der Waals surface area contributed by atoms with Gasteiger partial charge in [-0.15, -0.1) is 0 Å². The molecule has 0 unspecified atom stereocenters. The number of aromatic nitrogens is 1. The van der Waals surface area contributed by atoms with E-state index in [1.807, 2.05) is 6.92 Å². The highest BCUT2D eigenvalue weighted by Gasteiger charge is 2.11. The van der Waals surface area contributed by atoms with Gasteiger partial charge in [0, 0.05) is 12.1 Å². The van der Waals surface area contributed by atoms with Crippen molar-refractivity contribution >= 4 is 29.1 Å². The first-order valence-electron chi connectivity index (χ1n) is 5.85. The van der Waals surface area contributed by atoms with E-state index in [0.717, 1.165) is 5.56 Å². The molecule has 0 radical (unpaired) electrons. The van der Waals surface area contributed by atoms with Crippen LogP contribution in [0, 0.1) is 13.8 Å². The van der Waals surface area contributed by atoms with Crippen LogP contribution in [0.1, 0.15) is 11.3 Å². The second-order valence-corrected chi connectivity index (χ2v) is 4.61. The maximum Gasteiger partial charge on any atom is 0.324 e. The summed E-state index contributed by atoms with van der Waals surface area (Å²) < 4.78 is 10.0. The van der Waals surface area contributed by atoms with Crippen molar-refractivity contribution in [1.29, 1.82) is 0 Å². The standard InChI is InChI=1S/C13H14ClN3O3/c1-7-4-10(9(14)6-11(7)19-3)15-13(18)16-12-5-8(2)20-17-12/h4-6H,1-3H3,(H2,15,16,17,18). The minimum Gasteiger partial charge on any atom is -0.496 e. The van der Waals surface area contributed by atoms with Gasteiger partial charge in [-0.2, -0.15) is 0 Å². The third kappa shape index (κ3) is 3.21. The van der Waals surface area contributed by atoms with Crippen LogP contribution in [0.4, 0.5) is 16.3 Å². The number of aryl methyl sites for hydroxylation is 2. The molecule has 106 valence electrons. The number of hydrogen-bond donors (Lipinski definition) is 2. The smallest absolute Gasteiger partial charge is 0.324 e. The predicted octanol–water partition coefficient (Wildman–Crippen LogP) is 3.60. The number of benzene rings is 1. The zero-order chi connectivity index (χ0) is 14.7. The second kappa shape index (κ2) is 5.83. The second-order valence-electron chi connectivity index (χ2n) is 4.20. The summed E-state index contributed by atoms with van der Waals surface area (Å²) in [6.07, 6.45) is 0. The number of rotatable bonds is 3. The summed E-state index contributed by atoms with van der Waals surface area (Å²) in [5.74, 6) is 1.60. The number of carbonyl (C=O) groups is 1. The molecular weight excluding hydrogens is 282 g/mol. The van der Waals surface area contributed by atoms with Gasteiger partial charge >= 0.3 is 6.03 Å². The lowest BCUT2D eigenvalue weighted by atomic mass is 10.2. The fraction of sp³-hybridized carbons (Fsp3) is 0.231. The number of urea groups is 1. The van der Waals surface area contributed by atoms with Gasteiger partial charge in [0.25, 0.3) is 0 Å². The topological polar surface area (TPSA) is 76.4 Å². The zero-order valence-electron chi connectivity index (χ0n) is 11.3. The largest absolute Gasteiger partial charge is 0.496 e. The normalized spacial score (nSPS) is 10.2. The van der Waals surface area contributed by atoms with Gasteiger partial charge in [0.15, 0.2) is 5.82 Å². The van der Waals surface area contributed by atoms with Crippen molar-refractivity contribution in [2.24, 2.45) is 0 Å². The molecule has 0 saturated heterocycles. The highest BCUT2D eigenvalue weighted by Crippen LogP contribution is 2.30. The molecule has 6 nitrogen and oxygen atoms in total. The first-order chi connectivity index (χ1) is 9.49. The third-order valence-electron chi connectivity index (χ3n) is 2.60. The molecule has 2 rings (SSSR count). The van der Waals surface area contributed by atoms with Gasteiger partial charge in [-0.25, -0.2) is 4.79 Å². The van der Waals surface area contributed by atoms with Crippen molar-refractivity contribution in [3.8, 4) is 5.75 Å². The number of ether oxygens (including phenoxy) is 1. The van der Waals surface area contributed by atoms with Crippen LogP contribution >= 0.6 is 11.6 Å². The van der Waals surface area contributed by atoms with Crippen LogP contribution in [0.5, 0.6) is 5.75 Å². The predicted molar refractivity (Wildman–Crippen MR) is 76.6 cm³/mol. The number of carbonyl (C=O) groups excluding carboxylic acids is 1. The lowest BCUT2D eigenvalue weighted by molar-refractivity contribution is 0.262. The number of nitrogens with zero attached hydrogens (tertiary/aromatic N) is 1. The van der Waals surface area contributed by atoms with E-state index >= 15 is 0 Å². The highest BCUT2D eigenvalue weighted by atomic mass is 35.5. The number of nitrogens with one attached hydrogen (secondary N) is 2. The van der Waals surface area contributed by atoms with Crippen LogP contribution in [0.25, 0.3) is 0 Å². The lowest BCUT2D eigenvalue weighted by Gasteiger charge is -2.11. The van der Waals surface area contributed by atoms with Gasteiger partial charge in [-0.1, -0.05) is 16.8 Å². The number of anilines is 2. The maximum absolute atomic E-state index is 11.8. The van der Waals surface area contributed by atoms with Crippen LogP contribution in [0.15, 0.2) is 22.7 Å². The van der Waals surface area contributed by atoms with E-state index in [0.29, 0.717) is 28.0 Å². The number of halogens is 1. The number of amides is 2. The fourth-order valence-electron chi connectivity index (χ4n) is 1.67. The summed E-state index contributed by atoms with van der Waals surface area (Å²) in [6, 6.07) is 4.53. The van der Waals surface area contributed by atoms with Gasteiger partial charge < -0.3 is 14.6 Å². The molecule has 0 aliphatic rings. The van der Waals surface area contributed by atoms with E-state index in [-0.39, 0.29) is 0 Å². The molecule has 0 bridgehead atoms. The molecule has 1 heterocycles. The fourth-order valence-corrected chi connectivity index (χ4v) is 1.88.